The van der Waals surface area contributed by atoms with Gasteiger partial charge < -0.3 is 15.6 Å². The Morgan fingerprint density at radius 3 is 2.83 bits per heavy atom. The minimum atomic E-state index is -0.614. The van der Waals surface area contributed by atoms with E-state index in [0.717, 1.165) is 17.3 Å². The average Bonchev–Trinajstić information content (AvgIpc) is 3.28. The average molecular weight is 309 g/mol. The molecule has 1 aromatic heterocycles. The molecular formula is C18H19N3O2. The van der Waals surface area contributed by atoms with E-state index < -0.39 is 11.8 Å². The highest BCUT2D eigenvalue weighted by Crippen LogP contribution is 2.42. The van der Waals surface area contributed by atoms with Gasteiger partial charge in [0, 0.05) is 23.6 Å². The van der Waals surface area contributed by atoms with Gasteiger partial charge in [-0.15, -0.1) is 0 Å². The van der Waals surface area contributed by atoms with Crippen molar-refractivity contribution in [3.63, 3.8) is 0 Å². The normalized spacial score (nSPS) is 25.0. The first-order valence-corrected chi connectivity index (χ1v) is 8.04. The highest BCUT2D eigenvalue weighted by molar-refractivity contribution is 6.40. The van der Waals surface area contributed by atoms with E-state index >= 15 is 0 Å². The zero-order valence-electron chi connectivity index (χ0n) is 12.7. The smallest absolute Gasteiger partial charge is 0.313 e. The molecule has 3 N–H and O–H groups in total. The maximum atomic E-state index is 12.1. The van der Waals surface area contributed by atoms with E-state index in [1.165, 1.54) is 6.42 Å². The number of hydrogen-bond donors (Lipinski definition) is 3. The third kappa shape index (κ3) is 2.63. The lowest BCUT2D eigenvalue weighted by Crippen LogP contribution is -2.38. The molecule has 1 fully saturated rings. The summed E-state index contributed by atoms with van der Waals surface area (Å²) in [6.07, 6.45) is 8.64. The molecule has 5 heteroatoms. The molecule has 1 heterocycles. The second kappa shape index (κ2) is 5.57. The van der Waals surface area contributed by atoms with Crippen molar-refractivity contribution in [2.45, 2.75) is 12.8 Å². The summed E-state index contributed by atoms with van der Waals surface area (Å²) in [6, 6.07) is 7.44. The van der Waals surface area contributed by atoms with Crippen molar-refractivity contribution in [3.8, 4) is 0 Å². The summed E-state index contributed by atoms with van der Waals surface area (Å²) in [4.78, 5) is 27.2. The number of allylic oxidation sites excluding steroid dienone is 2. The third-order valence-electron chi connectivity index (χ3n) is 4.99. The van der Waals surface area contributed by atoms with Crippen LogP contribution >= 0.6 is 0 Å². The largest absolute Gasteiger partial charge is 0.361 e. The van der Waals surface area contributed by atoms with Gasteiger partial charge in [-0.25, -0.2) is 0 Å². The van der Waals surface area contributed by atoms with Crippen LogP contribution in [0.25, 0.3) is 10.9 Å². The lowest BCUT2D eigenvalue weighted by molar-refractivity contribution is -0.136. The van der Waals surface area contributed by atoms with Crippen LogP contribution in [0.15, 0.2) is 42.6 Å². The predicted octanol–water partition coefficient (Wildman–Crippen LogP) is 2.43. The monoisotopic (exact) mass is 309 g/mol. The van der Waals surface area contributed by atoms with Crippen LogP contribution in [-0.2, 0) is 9.59 Å². The summed E-state index contributed by atoms with van der Waals surface area (Å²) in [7, 11) is 0. The van der Waals surface area contributed by atoms with Crippen molar-refractivity contribution < 1.29 is 9.59 Å². The SMILES string of the molecule is O=C(NC[C@@H]1C[C@@H]2C=C[C@H]1C2)C(=O)Nc1cccc2[nH]ccc12. The van der Waals surface area contributed by atoms with Crippen LogP contribution in [0, 0.1) is 17.8 Å². The number of benzene rings is 1. The van der Waals surface area contributed by atoms with Crippen molar-refractivity contribution >= 4 is 28.4 Å². The number of H-pyrrole nitrogens is 1. The van der Waals surface area contributed by atoms with Crippen molar-refractivity contribution in [1.29, 1.82) is 0 Å². The number of carbonyl (C=O) groups is 2. The van der Waals surface area contributed by atoms with E-state index in [2.05, 4.69) is 27.8 Å². The summed E-state index contributed by atoms with van der Waals surface area (Å²) >= 11 is 0. The fourth-order valence-electron chi connectivity index (χ4n) is 3.81. The van der Waals surface area contributed by atoms with Gasteiger partial charge in [-0.2, -0.15) is 0 Å². The first-order valence-electron chi connectivity index (χ1n) is 8.04. The van der Waals surface area contributed by atoms with Gasteiger partial charge in [0.05, 0.1) is 5.69 Å². The second-order valence-electron chi connectivity index (χ2n) is 6.45. The Morgan fingerprint density at radius 2 is 2.04 bits per heavy atom. The van der Waals surface area contributed by atoms with Gasteiger partial charge in [-0.3, -0.25) is 9.59 Å². The quantitative estimate of drug-likeness (QED) is 0.602. The molecule has 23 heavy (non-hydrogen) atoms. The minimum absolute atomic E-state index is 0.467. The van der Waals surface area contributed by atoms with Gasteiger partial charge >= 0.3 is 11.8 Å². The summed E-state index contributed by atoms with van der Waals surface area (Å²) in [6.45, 7) is 0.576. The molecule has 0 aliphatic heterocycles. The van der Waals surface area contributed by atoms with Crippen molar-refractivity contribution in [1.82, 2.24) is 10.3 Å². The standard InChI is InChI=1S/C18H19N3O2/c22-17(20-10-13-9-11-4-5-12(13)8-11)18(23)21-16-3-1-2-15-14(16)6-7-19-15/h1-7,11-13,19H,8-10H2,(H,20,22)(H,21,23)/t11-,12+,13+/m1/s1. The van der Waals surface area contributed by atoms with E-state index in [1.807, 2.05) is 24.4 Å². The van der Waals surface area contributed by atoms with E-state index in [-0.39, 0.29) is 0 Å². The van der Waals surface area contributed by atoms with Crippen LogP contribution in [0.2, 0.25) is 0 Å². The maximum Gasteiger partial charge on any atom is 0.313 e. The van der Waals surface area contributed by atoms with Crippen molar-refractivity contribution in [3.05, 3.63) is 42.6 Å². The van der Waals surface area contributed by atoms with Gasteiger partial charge in [0.15, 0.2) is 0 Å². The number of carbonyl (C=O) groups excluding carboxylic acids is 2. The molecule has 2 aliphatic rings. The minimum Gasteiger partial charge on any atom is -0.361 e. The fourth-order valence-corrected chi connectivity index (χ4v) is 3.81. The van der Waals surface area contributed by atoms with Crippen LogP contribution in [-0.4, -0.2) is 23.3 Å². The molecule has 118 valence electrons. The molecule has 1 saturated carbocycles. The molecule has 0 radical (unpaired) electrons. The Balaban J connectivity index is 1.36. The molecular weight excluding hydrogens is 290 g/mol. The third-order valence-corrected chi connectivity index (χ3v) is 4.99. The summed E-state index contributed by atoms with van der Waals surface area (Å²) < 4.78 is 0. The predicted molar refractivity (Wildman–Crippen MR) is 88.8 cm³/mol. The van der Waals surface area contributed by atoms with Crippen LogP contribution in [0.1, 0.15) is 12.8 Å². The Kier molecular flexibility index (Phi) is 3.41. The van der Waals surface area contributed by atoms with Gasteiger partial charge in [-0.1, -0.05) is 18.2 Å². The second-order valence-corrected chi connectivity index (χ2v) is 6.45. The van der Waals surface area contributed by atoms with Gasteiger partial charge in [0.1, 0.15) is 0 Å². The number of nitrogens with one attached hydrogen (secondary N) is 3. The first kappa shape index (κ1) is 14.1. The first-order chi connectivity index (χ1) is 11.2. The highest BCUT2D eigenvalue weighted by atomic mass is 16.2. The number of aromatic amines is 1. The molecule has 0 unspecified atom stereocenters. The molecule has 3 atom stereocenters. The van der Waals surface area contributed by atoms with Gasteiger partial charge in [0.2, 0.25) is 0 Å². The number of anilines is 1. The molecule has 2 aromatic rings. The van der Waals surface area contributed by atoms with Crippen molar-refractivity contribution in [2.24, 2.45) is 17.8 Å². The van der Waals surface area contributed by atoms with Crippen LogP contribution in [0.5, 0.6) is 0 Å². The topological polar surface area (TPSA) is 74.0 Å². The molecule has 0 saturated heterocycles. The zero-order valence-corrected chi connectivity index (χ0v) is 12.7. The number of amides is 2. The van der Waals surface area contributed by atoms with Crippen LogP contribution in [0.4, 0.5) is 5.69 Å². The number of hydrogen-bond acceptors (Lipinski definition) is 2. The molecule has 5 nitrogen and oxygen atoms in total. The molecule has 0 spiro atoms. The number of aromatic nitrogens is 1. The van der Waals surface area contributed by atoms with Crippen LogP contribution in [0.3, 0.4) is 0 Å². The summed E-state index contributed by atoms with van der Waals surface area (Å²) in [5.74, 6) is 0.524. The molecule has 2 amide bonds. The molecule has 2 bridgehead atoms. The Morgan fingerprint density at radius 1 is 1.13 bits per heavy atom. The van der Waals surface area contributed by atoms with E-state index in [9.17, 15) is 9.59 Å². The van der Waals surface area contributed by atoms with E-state index in [1.54, 1.807) is 6.07 Å². The molecule has 4 rings (SSSR count). The number of rotatable bonds is 3. The highest BCUT2D eigenvalue weighted by Gasteiger charge is 2.35. The Hall–Kier alpha value is -2.56. The molecule has 1 aromatic carbocycles. The Bertz CT molecular complexity index is 792. The van der Waals surface area contributed by atoms with Crippen molar-refractivity contribution in [2.75, 3.05) is 11.9 Å². The lowest BCUT2D eigenvalue weighted by atomic mass is 9.94. The van der Waals surface area contributed by atoms with E-state index in [4.69, 9.17) is 0 Å². The van der Waals surface area contributed by atoms with Crippen LogP contribution < -0.4 is 10.6 Å². The fraction of sp³-hybridized carbons (Fsp3) is 0.333. The number of fused-ring (bicyclic) bond motifs is 3. The lowest BCUT2D eigenvalue weighted by Gasteiger charge is -2.18. The Labute approximate surface area is 134 Å². The summed E-state index contributed by atoms with van der Waals surface area (Å²) in [5.41, 5.74) is 1.57. The maximum absolute atomic E-state index is 12.1. The van der Waals surface area contributed by atoms with Gasteiger partial charge in [0.25, 0.3) is 0 Å². The van der Waals surface area contributed by atoms with Gasteiger partial charge in [-0.05, 0) is 48.8 Å². The summed E-state index contributed by atoms with van der Waals surface area (Å²) in [5, 5.41) is 6.37. The molecule has 2 aliphatic carbocycles. The van der Waals surface area contributed by atoms with E-state index in [0.29, 0.717) is 30.0 Å². The zero-order chi connectivity index (χ0) is 15.8.